The Morgan fingerprint density at radius 1 is 1.38 bits per heavy atom. The summed E-state index contributed by atoms with van der Waals surface area (Å²) in [6.45, 7) is 12.7. The van der Waals surface area contributed by atoms with Crippen LogP contribution in [0.2, 0.25) is 0 Å². The zero-order valence-corrected chi connectivity index (χ0v) is 14.0. The maximum Gasteiger partial charge on any atom is 0.228 e. The van der Waals surface area contributed by atoms with Crippen molar-refractivity contribution in [2.75, 3.05) is 13.2 Å². The summed E-state index contributed by atoms with van der Waals surface area (Å²) in [5, 5.41) is 7.73. The Bertz CT molecular complexity index is 445. The Labute approximate surface area is 127 Å². The summed E-state index contributed by atoms with van der Waals surface area (Å²) in [5.74, 6) is 1.39. The maximum absolute atomic E-state index is 5.78. The second kappa shape index (κ2) is 6.44. The third kappa shape index (κ3) is 4.04. The van der Waals surface area contributed by atoms with E-state index in [1.54, 1.807) is 0 Å². The van der Waals surface area contributed by atoms with Crippen molar-refractivity contribution in [1.82, 2.24) is 15.5 Å². The Balaban J connectivity index is 2.06. The number of ether oxygens (including phenoxy) is 1. The first-order valence-corrected chi connectivity index (χ1v) is 8.05. The highest BCUT2D eigenvalue weighted by molar-refractivity contribution is 5.03. The molecule has 1 N–H and O–H groups in total. The van der Waals surface area contributed by atoms with E-state index in [0.717, 1.165) is 38.8 Å². The largest absolute Gasteiger partial charge is 0.367 e. The molecule has 1 aromatic rings. The molecule has 0 amide bonds. The molecule has 120 valence electrons. The standard InChI is InChI=1S/C16H29N3O2/c1-6-9-17-12(15(2,3)4)11-13-18-14(19-21-13)16(5)8-7-10-20-16/h12,17H,6-11H2,1-5H3. The van der Waals surface area contributed by atoms with E-state index in [1.807, 2.05) is 6.92 Å². The van der Waals surface area contributed by atoms with E-state index < -0.39 is 0 Å². The Hall–Kier alpha value is -0.940. The zero-order valence-electron chi connectivity index (χ0n) is 14.0. The van der Waals surface area contributed by atoms with Crippen LogP contribution < -0.4 is 5.32 Å². The molecule has 1 aromatic heterocycles. The van der Waals surface area contributed by atoms with Gasteiger partial charge in [0.2, 0.25) is 11.7 Å². The Kier molecular flexibility index (Phi) is 5.04. The van der Waals surface area contributed by atoms with Crippen LogP contribution in [0.5, 0.6) is 0 Å². The summed E-state index contributed by atoms with van der Waals surface area (Å²) in [6, 6.07) is 0.322. The van der Waals surface area contributed by atoms with Gasteiger partial charge in [-0.15, -0.1) is 0 Å². The topological polar surface area (TPSA) is 60.2 Å². The maximum atomic E-state index is 5.78. The van der Waals surface area contributed by atoms with Crippen LogP contribution in [0.3, 0.4) is 0 Å². The molecule has 0 spiro atoms. The third-order valence-electron chi connectivity index (χ3n) is 4.22. The molecular formula is C16H29N3O2. The predicted molar refractivity (Wildman–Crippen MR) is 82.1 cm³/mol. The van der Waals surface area contributed by atoms with Gasteiger partial charge in [-0.2, -0.15) is 4.98 Å². The minimum Gasteiger partial charge on any atom is -0.367 e. The van der Waals surface area contributed by atoms with Gasteiger partial charge in [-0.25, -0.2) is 0 Å². The fourth-order valence-corrected chi connectivity index (χ4v) is 2.69. The lowest BCUT2D eigenvalue weighted by molar-refractivity contribution is 0.00768. The summed E-state index contributed by atoms with van der Waals surface area (Å²) in [6.07, 6.45) is 3.89. The van der Waals surface area contributed by atoms with E-state index in [0.29, 0.717) is 17.8 Å². The predicted octanol–water partition coefficient (Wildman–Crippen LogP) is 3.05. The number of nitrogens with one attached hydrogen (secondary N) is 1. The van der Waals surface area contributed by atoms with Crippen molar-refractivity contribution >= 4 is 0 Å². The molecule has 21 heavy (non-hydrogen) atoms. The normalized spacial score (nSPS) is 24.4. The van der Waals surface area contributed by atoms with Gasteiger partial charge in [-0.3, -0.25) is 0 Å². The highest BCUT2D eigenvalue weighted by Gasteiger charge is 2.37. The first-order valence-electron chi connectivity index (χ1n) is 8.05. The van der Waals surface area contributed by atoms with Gasteiger partial charge in [0.05, 0.1) is 0 Å². The van der Waals surface area contributed by atoms with Crippen LogP contribution in [0.1, 0.15) is 65.6 Å². The lowest BCUT2D eigenvalue weighted by Gasteiger charge is -2.30. The summed E-state index contributed by atoms with van der Waals surface area (Å²) in [4.78, 5) is 4.58. The van der Waals surface area contributed by atoms with E-state index in [4.69, 9.17) is 9.26 Å². The zero-order chi connectivity index (χ0) is 15.5. The molecule has 1 saturated heterocycles. The number of hydrogen-bond donors (Lipinski definition) is 1. The molecule has 0 aromatic carbocycles. The SMILES string of the molecule is CCCNC(Cc1nc(C2(C)CCCO2)no1)C(C)(C)C. The highest BCUT2D eigenvalue weighted by atomic mass is 16.5. The quantitative estimate of drug-likeness (QED) is 0.874. The van der Waals surface area contributed by atoms with Crippen LogP contribution >= 0.6 is 0 Å². The second-order valence-corrected chi connectivity index (χ2v) is 7.27. The molecule has 2 unspecified atom stereocenters. The van der Waals surface area contributed by atoms with Crippen molar-refractivity contribution in [1.29, 1.82) is 0 Å². The first-order chi connectivity index (χ1) is 9.85. The molecule has 5 nitrogen and oxygen atoms in total. The molecule has 1 aliphatic rings. The molecule has 0 saturated carbocycles. The minimum absolute atomic E-state index is 0.150. The lowest BCUT2D eigenvalue weighted by atomic mass is 9.84. The molecule has 1 fully saturated rings. The Morgan fingerprint density at radius 2 is 2.14 bits per heavy atom. The summed E-state index contributed by atoms with van der Waals surface area (Å²) < 4.78 is 11.2. The molecule has 2 atom stereocenters. The lowest BCUT2D eigenvalue weighted by Crippen LogP contribution is -2.42. The van der Waals surface area contributed by atoms with Crippen LogP contribution in [-0.4, -0.2) is 29.3 Å². The number of aromatic nitrogens is 2. The van der Waals surface area contributed by atoms with Crippen molar-refractivity contribution in [2.45, 2.75) is 71.9 Å². The molecule has 5 heteroatoms. The molecule has 0 aliphatic carbocycles. The summed E-state index contributed by atoms with van der Waals surface area (Å²) in [7, 11) is 0. The van der Waals surface area contributed by atoms with Crippen molar-refractivity contribution < 1.29 is 9.26 Å². The van der Waals surface area contributed by atoms with Crippen molar-refractivity contribution in [3.05, 3.63) is 11.7 Å². The van der Waals surface area contributed by atoms with E-state index in [9.17, 15) is 0 Å². The van der Waals surface area contributed by atoms with E-state index in [-0.39, 0.29) is 11.0 Å². The van der Waals surface area contributed by atoms with Gasteiger partial charge < -0.3 is 14.6 Å². The number of hydrogen-bond acceptors (Lipinski definition) is 5. The highest BCUT2D eigenvalue weighted by Crippen LogP contribution is 2.33. The number of nitrogens with zero attached hydrogens (tertiary/aromatic N) is 2. The summed E-state index contributed by atoms with van der Waals surface area (Å²) >= 11 is 0. The molecule has 0 bridgehead atoms. The fourth-order valence-electron chi connectivity index (χ4n) is 2.69. The Morgan fingerprint density at radius 3 is 2.71 bits per heavy atom. The average Bonchev–Trinajstić information content (AvgIpc) is 3.03. The monoisotopic (exact) mass is 295 g/mol. The van der Waals surface area contributed by atoms with Gasteiger partial charge in [0.15, 0.2) is 0 Å². The van der Waals surface area contributed by atoms with Crippen LogP contribution in [0.4, 0.5) is 0 Å². The van der Waals surface area contributed by atoms with Crippen LogP contribution in [0, 0.1) is 5.41 Å². The van der Waals surface area contributed by atoms with Gasteiger partial charge in [-0.1, -0.05) is 32.9 Å². The fraction of sp³-hybridized carbons (Fsp3) is 0.875. The number of rotatable bonds is 6. The molecule has 1 aliphatic heterocycles. The second-order valence-electron chi connectivity index (χ2n) is 7.27. The van der Waals surface area contributed by atoms with E-state index in [2.05, 4.69) is 43.2 Å². The molecule has 0 radical (unpaired) electrons. The van der Waals surface area contributed by atoms with Gasteiger partial charge in [-0.05, 0) is 38.1 Å². The molecular weight excluding hydrogens is 266 g/mol. The molecule has 2 rings (SSSR count). The van der Waals surface area contributed by atoms with E-state index >= 15 is 0 Å². The third-order valence-corrected chi connectivity index (χ3v) is 4.22. The van der Waals surface area contributed by atoms with Crippen molar-refractivity contribution in [3.8, 4) is 0 Å². The van der Waals surface area contributed by atoms with Gasteiger partial charge >= 0.3 is 0 Å². The average molecular weight is 295 g/mol. The smallest absolute Gasteiger partial charge is 0.228 e. The minimum atomic E-state index is -0.365. The van der Waals surface area contributed by atoms with Gasteiger partial charge in [0, 0.05) is 19.1 Å². The summed E-state index contributed by atoms with van der Waals surface area (Å²) in [5.41, 5.74) is -0.215. The van der Waals surface area contributed by atoms with Crippen LogP contribution in [-0.2, 0) is 16.8 Å². The van der Waals surface area contributed by atoms with Crippen molar-refractivity contribution in [3.63, 3.8) is 0 Å². The van der Waals surface area contributed by atoms with Gasteiger partial charge in [0.1, 0.15) is 5.60 Å². The van der Waals surface area contributed by atoms with Gasteiger partial charge in [0.25, 0.3) is 0 Å². The van der Waals surface area contributed by atoms with Crippen molar-refractivity contribution in [2.24, 2.45) is 5.41 Å². The first kappa shape index (κ1) is 16.4. The van der Waals surface area contributed by atoms with Crippen LogP contribution in [0.25, 0.3) is 0 Å². The van der Waals surface area contributed by atoms with Crippen LogP contribution in [0.15, 0.2) is 4.52 Å². The molecule has 2 heterocycles. The van der Waals surface area contributed by atoms with E-state index in [1.165, 1.54) is 0 Å².